The van der Waals surface area contributed by atoms with E-state index in [2.05, 4.69) is 10.4 Å². The summed E-state index contributed by atoms with van der Waals surface area (Å²) in [6, 6.07) is 0.930. The molecule has 20 heavy (non-hydrogen) atoms. The maximum atomic E-state index is 12.1. The SMILES string of the molecule is CCC[C@@H](NC(=O)c1cc2c(C)nn(C)c2s1)C(=O)O. The number of carboxylic acid groups (broad SMARTS) is 1. The second kappa shape index (κ2) is 5.62. The number of carboxylic acids is 1. The van der Waals surface area contributed by atoms with Crippen LogP contribution in [-0.4, -0.2) is 32.8 Å². The number of aromatic nitrogens is 2. The molecular weight excluding hydrogens is 278 g/mol. The lowest BCUT2D eigenvalue weighted by Gasteiger charge is -2.12. The number of hydrogen-bond donors (Lipinski definition) is 2. The molecule has 2 aromatic rings. The molecule has 0 aliphatic carbocycles. The fourth-order valence-corrected chi connectivity index (χ4v) is 3.12. The number of rotatable bonds is 5. The van der Waals surface area contributed by atoms with Gasteiger partial charge in [0.2, 0.25) is 0 Å². The molecule has 0 saturated carbocycles. The van der Waals surface area contributed by atoms with E-state index in [0.29, 0.717) is 17.7 Å². The first-order valence-electron chi connectivity index (χ1n) is 6.40. The van der Waals surface area contributed by atoms with Gasteiger partial charge in [-0.15, -0.1) is 11.3 Å². The van der Waals surface area contributed by atoms with Gasteiger partial charge in [-0.25, -0.2) is 4.79 Å². The minimum atomic E-state index is -1.00. The molecule has 2 aromatic heterocycles. The fraction of sp³-hybridized carbons (Fsp3) is 0.462. The normalized spacial score (nSPS) is 12.6. The number of amides is 1. The molecule has 0 aliphatic rings. The lowest BCUT2D eigenvalue weighted by atomic mass is 10.1. The summed E-state index contributed by atoms with van der Waals surface area (Å²) in [5.74, 6) is -1.34. The number of aliphatic carboxylic acids is 1. The smallest absolute Gasteiger partial charge is 0.326 e. The highest BCUT2D eigenvalue weighted by Gasteiger charge is 2.21. The standard InChI is InChI=1S/C13H17N3O3S/c1-4-5-9(13(18)19)14-11(17)10-6-8-7(2)15-16(3)12(8)20-10/h6,9H,4-5H2,1-3H3,(H,14,17)(H,18,19)/t9-/m1/s1. The molecule has 7 heteroatoms. The fourth-order valence-electron chi connectivity index (χ4n) is 2.09. The van der Waals surface area contributed by atoms with Crippen molar-refractivity contribution >= 4 is 33.4 Å². The molecule has 0 saturated heterocycles. The van der Waals surface area contributed by atoms with Crippen LogP contribution in [0, 0.1) is 6.92 Å². The van der Waals surface area contributed by atoms with Crippen LogP contribution in [0.25, 0.3) is 10.2 Å². The van der Waals surface area contributed by atoms with E-state index in [0.717, 1.165) is 15.9 Å². The van der Waals surface area contributed by atoms with Crippen molar-refractivity contribution in [1.82, 2.24) is 15.1 Å². The zero-order valence-electron chi connectivity index (χ0n) is 11.6. The molecular formula is C13H17N3O3S. The van der Waals surface area contributed by atoms with Crippen LogP contribution in [0.5, 0.6) is 0 Å². The van der Waals surface area contributed by atoms with Crippen molar-refractivity contribution in [2.45, 2.75) is 32.7 Å². The maximum Gasteiger partial charge on any atom is 0.326 e. The van der Waals surface area contributed by atoms with Gasteiger partial charge >= 0.3 is 5.97 Å². The number of nitrogens with one attached hydrogen (secondary N) is 1. The molecule has 0 unspecified atom stereocenters. The Bertz CT molecular complexity index is 625. The quantitative estimate of drug-likeness (QED) is 0.882. The molecule has 0 bridgehead atoms. The monoisotopic (exact) mass is 295 g/mol. The molecule has 0 radical (unpaired) electrons. The molecule has 2 N–H and O–H groups in total. The Hall–Kier alpha value is -1.89. The van der Waals surface area contributed by atoms with Crippen LogP contribution in [-0.2, 0) is 11.8 Å². The van der Waals surface area contributed by atoms with Crippen molar-refractivity contribution in [2.75, 3.05) is 0 Å². The van der Waals surface area contributed by atoms with Crippen LogP contribution >= 0.6 is 11.3 Å². The third-order valence-corrected chi connectivity index (χ3v) is 4.30. The summed E-state index contributed by atoms with van der Waals surface area (Å²) in [5.41, 5.74) is 0.862. The molecule has 108 valence electrons. The summed E-state index contributed by atoms with van der Waals surface area (Å²) in [7, 11) is 1.82. The van der Waals surface area contributed by atoms with Crippen LogP contribution in [0.2, 0.25) is 0 Å². The van der Waals surface area contributed by atoms with Gasteiger partial charge in [0, 0.05) is 12.4 Å². The van der Waals surface area contributed by atoms with Gasteiger partial charge < -0.3 is 10.4 Å². The third-order valence-electron chi connectivity index (χ3n) is 3.10. The summed E-state index contributed by atoms with van der Waals surface area (Å²) < 4.78 is 1.73. The van der Waals surface area contributed by atoms with Gasteiger partial charge in [0.1, 0.15) is 10.9 Å². The summed E-state index contributed by atoms with van der Waals surface area (Å²) in [5, 5.41) is 16.8. The second-order valence-electron chi connectivity index (χ2n) is 4.69. The number of nitrogens with zero attached hydrogens (tertiary/aromatic N) is 2. The summed E-state index contributed by atoms with van der Waals surface area (Å²) in [6.45, 7) is 3.77. The van der Waals surface area contributed by atoms with Gasteiger partial charge in [-0.3, -0.25) is 9.48 Å². The number of aryl methyl sites for hydroxylation is 2. The van der Waals surface area contributed by atoms with Crippen molar-refractivity contribution in [3.05, 3.63) is 16.6 Å². The Morgan fingerprint density at radius 2 is 2.25 bits per heavy atom. The van der Waals surface area contributed by atoms with Gasteiger partial charge in [0.25, 0.3) is 5.91 Å². The first kappa shape index (κ1) is 14.5. The predicted molar refractivity (Wildman–Crippen MR) is 77.1 cm³/mol. The summed E-state index contributed by atoms with van der Waals surface area (Å²) >= 11 is 1.32. The Morgan fingerprint density at radius 1 is 1.55 bits per heavy atom. The lowest BCUT2D eigenvalue weighted by Crippen LogP contribution is -2.40. The topological polar surface area (TPSA) is 84.2 Å². The van der Waals surface area contributed by atoms with Gasteiger partial charge in [0.05, 0.1) is 10.6 Å². The summed E-state index contributed by atoms with van der Waals surface area (Å²) in [6.07, 6.45) is 1.12. The van der Waals surface area contributed by atoms with E-state index in [9.17, 15) is 9.59 Å². The molecule has 0 aromatic carbocycles. The predicted octanol–water partition coefficient (Wildman–Crippen LogP) is 1.93. The minimum Gasteiger partial charge on any atom is -0.480 e. The third kappa shape index (κ3) is 2.67. The number of carbonyl (C=O) groups is 2. The van der Waals surface area contributed by atoms with Crippen molar-refractivity contribution in [3.8, 4) is 0 Å². The van der Waals surface area contributed by atoms with Crippen LogP contribution in [0.15, 0.2) is 6.07 Å². The van der Waals surface area contributed by atoms with E-state index in [4.69, 9.17) is 5.11 Å². The van der Waals surface area contributed by atoms with Crippen LogP contribution in [0.1, 0.15) is 35.1 Å². The molecule has 1 atom stereocenters. The molecule has 6 nitrogen and oxygen atoms in total. The van der Waals surface area contributed by atoms with E-state index in [1.807, 2.05) is 20.9 Å². The van der Waals surface area contributed by atoms with Gasteiger partial charge in [-0.05, 0) is 19.4 Å². The van der Waals surface area contributed by atoms with Gasteiger partial charge in [0.15, 0.2) is 0 Å². The lowest BCUT2D eigenvalue weighted by molar-refractivity contribution is -0.139. The van der Waals surface area contributed by atoms with Crippen molar-refractivity contribution in [1.29, 1.82) is 0 Å². The molecule has 0 spiro atoms. The van der Waals surface area contributed by atoms with E-state index in [-0.39, 0.29) is 5.91 Å². The Balaban J connectivity index is 2.22. The Kier molecular flexibility index (Phi) is 4.08. The Morgan fingerprint density at radius 3 is 2.80 bits per heavy atom. The van der Waals surface area contributed by atoms with E-state index >= 15 is 0 Å². The highest BCUT2D eigenvalue weighted by Crippen LogP contribution is 2.27. The van der Waals surface area contributed by atoms with Crippen LogP contribution < -0.4 is 5.32 Å². The van der Waals surface area contributed by atoms with Gasteiger partial charge in [-0.1, -0.05) is 13.3 Å². The number of fused-ring (bicyclic) bond motifs is 1. The maximum absolute atomic E-state index is 12.1. The van der Waals surface area contributed by atoms with Crippen LogP contribution in [0.3, 0.4) is 0 Å². The average molecular weight is 295 g/mol. The first-order chi connectivity index (χ1) is 9.43. The Labute approximate surface area is 120 Å². The number of carbonyl (C=O) groups excluding carboxylic acids is 1. The second-order valence-corrected chi connectivity index (χ2v) is 5.72. The number of thiophene rings is 1. The number of hydrogen-bond acceptors (Lipinski definition) is 4. The van der Waals surface area contributed by atoms with Gasteiger partial charge in [-0.2, -0.15) is 5.10 Å². The molecule has 2 heterocycles. The molecule has 2 rings (SSSR count). The molecule has 1 amide bonds. The van der Waals surface area contributed by atoms with E-state index in [1.54, 1.807) is 10.7 Å². The van der Waals surface area contributed by atoms with E-state index in [1.165, 1.54) is 11.3 Å². The largest absolute Gasteiger partial charge is 0.480 e. The first-order valence-corrected chi connectivity index (χ1v) is 7.22. The minimum absolute atomic E-state index is 0.341. The molecule has 0 fully saturated rings. The van der Waals surface area contributed by atoms with Crippen molar-refractivity contribution in [3.63, 3.8) is 0 Å². The van der Waals surface area contributed by atoms with E-state index < -0.39 is 12.0 Å². The van der Waals surface area contributed by atoms with Crippen molar-refractivity contribution in [2.24, 2.45) is 7.05 Å². The zero-order chi connectivity index (χ0) is 14.9. The highest BCUT2D eigenvalue weighted by atomic mass is 32.1. The average Bonchev–Trinajstić information content (AvgIpc) is 2.91. The summed E-state index contributed by atoms with van der Waals surface area (Å²) in [4.78, 5) is 24.6. The molecule has 0 aliphatic heterocycles. The zero-order valence-corrected chi connectivity index (χ0v) is 12.5. The highest BCUT2D eigenvalue weighted by molar-refractivity contribution is 7.20. The van der Waals surface area contributed by atoms with Crippen LogP contribution in [0.4, 0.5) is 0 Å². The van der Waals surface area contributed by atoms with Crippen molar-refractivity contribution < 1.29 is 14.7 Å².